The van der Waals surface area contributed by atoms with Gasteiger partial charge in [0.25, 0.3) is 0 Å². The van der Waals surface area contributed by atoms with Gasteiger partial charge in [-0.1, -0.05) is 43.2 Å². The third kappa shape index (κ3) is 4.98. The first kappa shape index (κ1) is 12.3. The molecule has 0 amide bonds. The third-order valence-corrected chi connectivity index (χ3v) is 2.71. The number of aryl methyl sites for hydroxylation is 1. The maximum absolute atomic E-state index is 3.55. The Hall–Kier alpha value is -0.820. The van der Waals surface area contributed by atoms with Crippen molar-refractivity contribution in [3.05, 3.63) is 35.4 Å². The molecule has 84 valence electrons. The fourth-order valence-electron chi connectivity index (χ4n) is 1.87. The average molecular weight is 205 g/mol. The molecule has 1 rings (SSSR count). The van der Waals surface area contributed by atoms with E-state index in [1.54, 1.807) is 0 Å². The topological polar surface area (TPSA) is 12.0 Å². The molecule has 0 heterocycles. The largest absolute Gasteiger partial charge is 0.314 e. The third-order valence-electron chi connectivity index (χ3n) is 2.71. The summed E-state index contributed by atoms with van der Waals surface area (Å²) in [6, 6.07) is 9.42. The molecule has 1 unspecified atom stereocenters. The van der Waals surface area contributed by atoms with Gasteiger partial charge in [-0.05, 0) is 38.8 Å². The summed E-state index contributed by atoms with van der Waals surface area (Å²) in [6.45, 7) is 7.74. The van der Waals surface area contributed by atoms with Crippen LogP contribution < -0.4 is 5.32 Å². The molecular formula is C14H23N. The second kappa shape index (κ2) is 6.62. The Bertz CT molecular complexity index is 280. The molecule has 0 aliphatic heterocycles. The van der Waals surface area contributed by atoms with E-state index in [0.29, 0.717) is 6.04 Å². The van der Waals surface area contributed by atoms with Crippen molar-refractivity contribution in [1.29, 1.82) is 0 Å². The van der Waals surface area contributed by atoms with Gasteiger partial charge in [0, 0.05) is 6.04 Å². The molecule has 0 radical (unpaired) electrons. The Labute approximate surface area is 93.9 Å². The minimum atomic E-state index is 0.653. The van der Waals surface area contributed by atoms with E-state index in [1.165, 1.54) is 24.0 Å². The van der Waals surface area contributed by atoms with Gasteiger partial charge in [0.15, 0.2) is 0 Å². The lowest BCUT2D eigenvalue weighted by atomic mass is 10.1. The lowest BCUT2D eigenvalue weighted by molar-refractivity contribution is 0.512. The van der Waals surface area contributed by atoms with Gasteiger partial charge in [-0.2, -0.15) is 0 Å². The van der Waals surface area contributed by atoms with E-state index in [1.807, 2.05) is 0 Å². The second-order valence-electron chi connectivity index (χ2n) is 4.38. The molecule has 1 atom stereocenters. The van der Waals surface area contributed by atoms with Crippen LogP contribution in [0.4, 0.5) is 0 Å². The van der Waals surface area contributed by atoms with E-state index in [9.17, 15) is 0 Å². The molecule has 1 aromatic carbocycles. The number of benzene rings is 1. The summed E-state index contributed by atoms with van der Waals surface area (Å²) in [4.78, 5) is 0. The van der Waals surface area contributed by atoms with E-state index in [0.717, 1.165) is 13.0 Å². The van der Waals surface area contributed by atoms with Crippen molar-refractivity contribution in [2.75, 3.05) is 6.54 Å². The predicted molar refractivity (Wildman–Crippen MR) is 67.3 cm³/mol. The van der Waals surface area contributed by atoms with Crippen molar-refractivity contribution in [3.8, 4) is 0 Å². The van der Waals surface area contributed by atoms with Gasteiger partial charge in [-0.25, -0.2) is 0 Å². The number of hydrogen-bond donors (Lipinski definition) is 1. The smallest absolute Gasteiger partial charge is 0.00387 e. The zero-order chi connectivity index (χ0) is 11.1. The van der Waals surface area contributed by atoms with Crippen LogP contribution in [0.3, 0.4) is 0 Å². The molecule has 1 nitrogen and oxygen atoms in total. The van der Waals surface area contributed by atoms with E-state index in [2.05, 4.69) is 50.4 Å². The first-order valence-corrected chi connectivity index (χ1v) is 6.01. The molecule has 0 saturated carbocycles. The Balaban J connectivity index is 2.25. The molecule has 0 aromatic heterocycles. The van der Waals surface area contributed by atoms with Crippen molar-refractivity contribution in [2.45, 2.75) is 46.1 Å². The monoisotopic (exact) mass is 205 g/mol. The maximum Gasteiger partial charge on any atom is 0.00387 e. The molecule has 0 aliphatic rings. The molecule has 1 N–H and O–H groups in total. The van der Waals surface area contributed by atoms with E-state index < -0.39 is 0 Å². The molecule has 0 aliphatic carbocycles. The average Bonchev–Trinajstić information content (AvgIpc) is 2.18. The summed E-state index contributed by atoms with van der Waals surface area (Å²) in [5, 5.41) is 3.55. The van der Waals surface area contributed by atoms with Crippen LogP contribution in [0.15, 0.2) is 24.3 Å². The van der Waals surface area contributed by atoms with Crippen LogP contribution >= 0.6 is 0 Å². The molecule has 1 heteroatoms. The van der Waals surface area contributed by atoms with E-state index in [-0.39, 0.29) is 0 Å². The summed E-state index contributed by atoms with van der Waals surface area (Å²) in [5.41, 5.74) is 2.79. The van der Waals surface area contributed by atoms with Crippen LogP contribution in [0.2, 0.25) is 0 Å². The maximum atomic E-state index is 3.55. The highest BCUT2D eigenvalue weighted by molar-refractivity contribution is 5.22. The summed E-state index contributed by atoms with van der Waals surface area (Å²) in [7, 11) is 0. The van der Waals surface area contributed by atoms with Gasteiger partial charge in [0.2, 0.25) is 0 Å². The number of hydrogen-bond acceptors (Lipinski definition) is 1. The second-order valence-corrected chi connectivity index (χ2v) is 4.38. The minimum Gasteiger partial charge on any atom is -0.314 e. The van der Waals surface area contributed by atoms with Crippen molar-refractivity contribution in [1.82, 2.24) is 5.32 Å². The molecule has 0 saturated heterocycles. The summed E-state index contributed by atoms with van der Waals surface area (Å²) < 4.78 is 0. The Morgan fingerprint density at radius 1 is 1.33 bits per heavy atom. The Kier molecular flexibility index (Phi) is 5.41. The van der Waals surface area contributed by atoms with Gasteiger partial charge < -0.3 is 5.32 Å². The SMILES string of the molecule is CCCC(C)NCCc1cccc(C)c1. The van der Waals surface area contributed by atoms with Crippen molar-refractivity contribution in [3.63, 3.8) is 0 Å². The van der Waals surface area contributed by atoms with Crippen LogP contribution in [-0.4, -0.2) is 12.6 Å². The lowest BCUT2D eigenvalue weighted by Gasteiger charge is -2.12. The van der Waals surface area contributed by atoms with Crippen LogP contribution in [0.1, 0.15) is 37.8 Å². The standard InChI is InChI=1S/C14H23N/c1-4-6-13(3)15-10-9-14-8-5-7-12(2)11-14/h5,7-8,11,13,15H,4,6,9-10H2,1-3H3. The van der Waals surface area contributed by atoms with Crippen LogP contribution in [0.25, 0.3) is 0 Å². The number of rotatable bonds is 6. The quantitative estimate of drug-likeness (QED) is 0.751. The molecule has 1 aromatic rings. The van der Waals surface area contributed by atoms with Crippen molar-refractivity contribution >= 4 is 0 Å². The Morgan fingerprint density at radius 2 is 2.13 bits per heavy atom. The Morgan fingerprint density at radius 3 is 2.80 bits per heavy atom. The van der Waals surface area contributed by atoms with E-state index >= 15 is 0 Å². The minimum absolute atomic E-state index is 0.653. The normalized spacial score (nSPS) is 12.7. The molecule has 15 heavy (non-hydrogen) atoms. The summed E-state index contributed by atoms with van der Waals surface area (Å²) in [6.07, 6.45) is 3.67. The van der Waals surface area contributed by atoms with Crippen LogP contribution in [-0.2, 0) is 6.42 Å². The van der Waals surface area contributed by atoms with Gasteiger partial charge >= 0.3 is 0 Å². The van der Waals surface area contributed by atoms with Gasteiger partial charge in [0.05, 0.1) is 0 Å². The van der Waals surface area contributed by atoms with Gasteiger partial charge in [-0.3, -0.25) is 0 Å². The first-order valence-electron chi connectivity index (χ1n) is 6.01. The first-order chi connectivity index (χ1) is 7.22. The van der Waals surface area contributed by atoms with Gasteiger partial charge in [-0.15, -0.1) is 0 Å². The lowest BCUT2D eigenvalue weighted by Crippen LogP contribution is -2.27. The highest BCUT2D eigenvalue weighted by atomic mass is 14.9. The summed E-state index contributed by atoms with van der Waals surface area (Å²) in [5.74, 6) is 0. The highest BCUT2D eigenvalue weighted by Gasteiger charge is 1.99. The number of nitrogens with one attached hydrogen (secondary N) is 1. The predicted octanol–water partition coefficient (Wildman–Crippen LogP) is 3.32. The van der Waals surface area contributed by atoms with E-state index in [4.69, 9.17) is 0 Å². The molecule has 0 fully saturated rings. The van der Waals surface area contributed by atoms with Crippen LogP contribution in [0.5, 0.6) is 0 Å². The van der Waals surface area contributed by atoms with Crippen molar-refractivity contribution in [2.24, 2.45) is 0 Å². The zero-order valence-electron chi connectivity index (χ0n) is 10.2. The fourth-order valence-corrected chi connectivity index (χ4v) is 1.87. The molecular weight excluding hydrogens is 182 g/mol. The zero-order valence-corrected chi connectivity index (χ0v) is 10.2. The fraction of sp³-hybridized carbons (Fsp3) is 0.571. The van der Waals surface area contributed by atoms with Gasteiger partial charge in [0.1, 0.15) is 0 Å². The summed E-state index contributed by atoms with van der Waals surface area (Å²) >= 11 is 0. The van der Waals surface area contributed by atoms with Crippen LogP contribution in [0, 0.1) is 6.92 Å². The van der Waals surface area contributed by atoms with Crippen molar-refractivity contribution < 1.29 is 0 Å². The molecule has 0 bridgehead atoms. The highest BCUT2D eigenvalue weighted by Crippen LogP contribution is 2.04. The molecule has 0 spiro atoms.